The van der Waals surface area contributed by atoms with Crippen molar-refractivity contribution in [3.8, 4) is 11.8 Å². The molecule has 1 amide bonds. The fourth-order valence-electron chi connectivity index (χ4n) is 2.53. The molecule has 0 aliphatic heterocycles. The Morgan fingerprint density at radius 1 is 1.33 bits per heavy atom. The molecule has 3 heteroatoms. The van der Waals surface area contributed by atoms with Gasteiger partial charge in [-0.2, -0.15) is 0 Å². The van der Waals surface area contributed by atoms with Gasteiger partial charge in [0.1, 0.15) is 0 Å². The minimum atomic E-state index is -0.314. The smallest absolute Gasteiger partial charge is 0.406 e. The van der Waals surface area contributed by atoms with Gasteiger partial charge in [0.25, 0.3) is 0 Å². The Labute approximate surface area is 90.6 Å². The van der Waals surface area contributed by atoms with Crippen LogP contribution in [0.5, 0.6) is 0 Å². The lowest BCUT2D eigenvalue weighted by molar-refractivity contribution is 0.139. The maximum absolute atomic E-state index is 10.9. The van der Waals surface area contributed by atoms with E-state index in [-0.39, 0.29) is 6.09 Å². The van der Waals surface area contributed by atoms with Crippen LogP contribution >= 0.6 is 0 Å². The summed E-state index contributed by atoms with van der Waals surface area (Å²) in [5.74, 6) is 8.44. The molecule has 2 aliphatic carbocycles. The van der Waals surface area contributed by atoms with E-state index in [1.165, 1.54) is 12.8 Å². The Kier molecular flexibility index (Phi) is 3.15. The second kappa shape index (κ2) is 4.57. The van der Waals surface area contributed by atoms with Crippen LogP contribution in [-0.2, 0) is 4.74 Å². The van der Waals surface area contributed by atoms with Crippen LogP contribution in [0.3, 0.4) is 0 Å². The summed E-state index contributed by atoms with van der Waals surface area (Å²) in [5.41, 5.74) is 0. The highest BCUT2D eigenvalue weighted by Crippen LogP contribution is 2.52. The zero-order valence-corrected chi connectivity index (χ0v) is 9.08. The summed E-state index contributed by atoms with van der Waals surface area (Å²) < 4.78 is 5.10. The number of nitrogens with one attached hydrogen (secondary N) is 1. The van der Waals surface area contributed by atoms with E-state index < -0.39 is 0 Å². The van der Waals surface area contributed by atoms with Crippen molar-refractivity contribution >= 4 is 6.09 Å². The third kappa shape index (κ3) is 2.44. The summed E-state index contributed by atoms with van der Waals surface area (Å²) in [4.78, 5) is 10.9. The maximum Gasteiger partial charge on any atom is 0.406 e. The molecule has 0 aromatic rings. The van der Waals surface area contributed by atoms with E-state index in [2.05, 4.69) is 17.2 Å². The number of carbonyl (C=O) groups is 1. The molecule has 0 aromatic heterocycles. The first-order chi connectivity index (χ1) is 7.33. The van der Waals surface area contributed by atoms with Crippen LogP contribution in [-0.4, -0.2) is 19.7 Å². The van der Waals surface area contributed by atoms with Crippen LogP contribution in [0, 0.1) is 29.6 Å². The molecule has 0 aromatic carbocycles. The SMILES string of the molecule is CNC(=O)OCC1[C@H]2CCC#CCC[C@@H]12. The third-order valence-corrected chi connectivity index (χ3v) is 3.45. The Morgan fingerprint density at radius 2 is 1.93 bits per heavy atom. The van der Waals surface area contributed by atoms with Gasteiger partial charge in [-0.3, -0.25) is 0 Å². The lowest BCUT2D eigenvalue weighted by Crippen LogP contribution is -2.20. The van der Waals surface area contributed by atoms with Crippen molar-refractivity contribution in [3.63, 3.8) is 0 Å². The molecule has 15 heavy (non-hydrogen) atoms. The first-order valence-electron chi connectivity index (χ1n) is 5.63. The van der Waals surface area contributed by atoms with E-state index >= 15 is 0 Å². The van der Waals surface area contributed by atoms with Gasteiger partial charge in [-0.1, -0.05) is 0 Å². The van der Waals surface area contributed by atoms with Gasteiger partial charge in [-0.25, -0.2) is 4.79 Å². The number of hydrogen-bond donors (Lipinski definition) is 1. The number of hydrogen-bond acceptors (Lipinski definition) is 2. The van der Waals surface area contributed by atoms with Gasteiger partial charge in [0.05, 0.1) is 6.61 Å². The Morgan fingerprint density at radius 3 is 2.47 bits per heavy atom. The largest absolute Gasteiger partial charge is 0.449 e. The van der Waals surface area contributed by atoms with E-state index in [1.54, 1.807) is 7.05 Å². The minimum absolute atomic E-state index is 0.314. The van der Waals surface area contributed by atoms with Crippen LogP contribution in [0.4, 0.5) is 4.79 Å². The summed E-state index contributed by atoms with van der Waals surface area (Å²) in [6.45, 7) is 0.578. The molecule has 0 spiro atoms. The van der Waals surface area contributed by atoms with Crippen molar-refractivity contribution in [1.29, 1.82) is 0 Å². The average Bonchev–Trinajstić information content (AvgIpc) is 2.85. The lowest BCUT2D eigenvalue weighted by atomic mass is 10.1. The van der Waals surface area contributed by atoms with E-state index in [0.29, 0.717) is 12.5 Å². The van der Waals surface area contributed by atoms with E-state index in [1.807, 2.05) is 0 Å². The molecule has 1 N–H and O–H groups in total. The fraction of sp³-hybridized carbons (Fsp3) is 0.750. The molecule has 1 unspecified atom stereocenters. The van der Waals surface area contributed by atoms with Gasteiger partial charge in [0.2, 0.25) is 0 Å². The van der Waals surface area contributed by atoms with Crippen molar-refractivity contribution in [2.75, 3.05) is 13.7 Å². The first-order valence-corrected chi connectivity index (χ1v) is 5.63. The number of fused-ring (bicyclic) bond motifs is 1. The second-order valence-electron chi connectivity index (χ2n) is 4.27. The molecular weight excluding hydrogens is 190 g/mol. The summed E-state index contributed by atoms with van der Waals surface area (Å²) >= 11 is 0. The third-order valence-electron chi connectivity index (χ3n) is 3.45. The predicted molar refractivity (Wildman–Crippen MR) is 57.1 cm³/mol. The van der Waals surface area contributed by atoms with E-state index in [0.717, 1.165) is 24.7 Å². The fourth-order valence-corrected chi connectivity index (χ4v) is 2.53. The number of rotatable bonds is 2. The van der Waals surface area contributed by atoms with Gasteiger partial charge in [0, 0.05) is 19.9 Å². The van der Waals surface area contributed by atoms with Crippen LogP contribution < -0.4 is 5.32 Å². The molecule has 2 aliphatic rings. The van der Waals surface area contributed by atoms with Crippen molar-refractivity contribution < 1.29 is 9.53 Å². The van der Waals surface area contributed by atoms with Crippen molar-refractivity contribution in [1.82, 2.24) is 5.32 Å². The Hall–Kier alpha value is -1.17. The summed E-state index contributed by atoms with van der Waals surface area (Å²) in [6.07, 6.45) is 4.07. The summed E-state index contributed by atoms with van der Waals surface area (Å²) in [5, 5.41) is 2.47. The highest BCUT2D eigenvalue weighted by atomic mass is 16.5. The standard InChI is InChI=1S/C12H17NO2/c1-13-12(14)15-8-11-9-6-4-2-3-5-7-10(9)11/h9-11H,4-8H2,1H3,(H,13,14)/t9-,10+,11?. The monoisotopic (exact) mass is 207 g/mol. The van der Waals surface area contributed by atoms with Crippen molar-refractivity contribution in [2.24, 2.45) is 17.8 Å². The number of ether oxygens (including phenoxy) is 1. The highest BCUT2D eigenvalue weighted by Gasteiger charge is 2.49. The normalized spacial score (nSPS) is 32.5. The molecule has 3 atom stereocenters. The molecule has 1 fully saturated rings. The Bertz CT molecular complexity index is 284. The minimum Gasteiger partial charge on any atom is -0.449 e. The van der Waals surface area contributed by atoms with Crippen LogP contribution in [0.15, 0.2) is 0 Å². The zero-order valence-electron chi connectivity index (χ0n) is 9.08. The molecule has 2 rings (SSSR count). The van der Waals surface area contributed by atoms with Crippen molar-refractivity contribution in [2.45, 2.75) is 25.7 Å². The lowest BCUT2D eigenvalue weighted by Gasteiger charge is -2.02. The molecule has 3 nitrogen and oxygen atoms in total. The molecule has 0 bridgehead atoms. The highest BCUT2D eigenvalue weighted by molar-refractivity contribution is 5.66. The van der Waals surface area contributed by atoms with E-state index in [4.69, 9.17) is 4.74 Å². The van der Waals surface area contributed by atoms with Crippen molar-refractivity contribution in [3.05, 3.63) is 0 Å². The number of alkyl carbamates (subject to hydrolysis) is 1. The maximum atomic E-state index is 10.9. The predicted octanol–water partition coefficient (Wildman–Crippen LogP) is 1.78. The van der Waals surface area contributed by atoms with Gasteiger partial charge in [-0.15, -0.1) is 11.8 Å². The molecule has 0 heterocycles. The van der Waals surface area contributed by atoms with E-state index in [9.17, 15) is 4.79 Å². The van der Waals surface area contributed by atoms with Crippen LogP contribution in [0.25, 0.3) is 0 Å². The summed E-state index contributed by atoms with van der Waals surface area (Å²) in [7, 11) is 1.59. The number of carbonyl (C=O) groups excluding carboxylic acids is 1. The van der Waals surface area contributed by atoms with Crippen LogP contribution in [0.2, 0.25) is 0 Å². The molecule has 0 radical (unpaired) electrons. The molecular formula is C12H17NO2. The van der Waals surface area contributed by atoms with Gasteiger partial charge in [-0.05, 0) is 30.6 Å². The second-order valence-corrected chi connectivity index (χ2v) is 4.27. The average molecular weight is 207 g/mol. The number of amides is 1. The first kappa shape index (κ1) is 10.4. The molecule has 1 saturated carbocycles. The van der Waals surface area contributed by atoms with Gasteiger partial charge >= 0.3 is 6.09 Å². The topological polar surface area (TPSA) is 38.3 Å². The quantitative estimate of drug-likeness (QED) is 0.701. The van der Waals surface area contributed by atoms with Crippen LogP contribution in [0.1, 0.15) is 25.7 Å². The zero-order chi connectivity index (χ0) is 10.7. The molecule has 0 saturated heterocycles. The molecule has 82 valence electrons. The van der Waals surface area contributed by atoms with Gasteiger partial charge in [0.15, 0.2) is 0 Å². The summed E-state index contributed by atoms with van der Waals surface area (Å²) in [6, 6.07) is 0. The Balaban J connectivity index is 1.75. The van der Waals surface area contributed by atoms with Gasteiger partial charge < -0.3 is 10.1 Å².